The number of rotatable bonds is 4. The molecule has 4 heteroatoms. The molecule has 1 aromatic carbocycles. The van der Waals surface area contributed by atoms with E-state index < -0.39 is 0 Å². The van der Waals surface area contributed by atoms with Crippen LogP contribution in [0.15, 0.2) is 27.1 Å². The Morgan fingerprint density at radius 3 is 2.61 bits per heavy atom. The van der Waals surface area contributed by atoms with Crippen LogP contribution in [0.5, 0.6) is 0 Å². The van der Waals surface area contributed by atoms with Crippen LogP contribution in [-0.4, -0.2) is 19.8 Å². The maximum absolute atomic E-state index is 5.63. The van der Waals surface area contributed by atoms with Gasteiger partial charge in [0, 0.05) is 27.5 Å². The summed E-state index contributed by atoms with van der Waals surface area (Å²) in [5.74, 6) is 0.569. The van der Waals surface area contributed by atoms with Crippen molar-refractivity contribution in [3.05, 3.63) is 32.7 Å². The van der Waals surface area contributed by atoms with E-state index in [9.17, 15) is 0 Å². The molecular weight excluding hydrogens is 358 g/mol. The third kappa shape index (κ3) is 3.80. The Bertz CT molecular complexity index is 371. The van der Waals surface area contributed by atoms with Crippen LogP contribution in [0.25, 0.3) is 0 Å². The van der Waals surface area contributed by atoms with E-state index in [-0.39, 0.29) is 0 Å². The molecule has 1 aliphatic rings. The molecule has 2 rings (SSSR count). The minimum atomic E-state index is 0.379. The van der Waals surface area contributed by atoms with Crippen LogP contribution in [0.1, 0.15) is 31.4 Å². The summed E-state index contributed by atoms with van der Waals surface area (Å²) >= 11 is 7.13. The van der Waals surface area contributed by atoms with E-state index in [1.54, 1.807) is 0 Å². The molecule has 0 amide bonds. The Hall–Kier alpha value is 0.1000. The van der Waals surface area contributed by atoms with Crippen molar-refractivity contribution in [2.45, 2.75) is 25.8 Å². The summed E-state index contributed by atoms with van der Waals surface area (Å²) in [5.41, 5.74) is 1.33. The van der Waals surface area contributed by atoms with Gasteiger partial charge in [0.15, 0.2) is 0 Å². The fourth-order valence-corrected chi connectivity index (χ4v) is 3.89. The summed E-state index contributed by atoms with van der Waals surface area (Å²) in [5, 5.41) is 3.60. The molecular formula is C14H19Br2NO. The van der Waals surface area contributed by atoms with Crippen LogP contribution in [0.2, 0.25) is 0 Å². The van der Waals surface area contributed by atoms with Gasteiger partial charge in [-0.2, -0.15) is 0 Å². The van der Waals surface area contributed by atoms with Crippen molar-refractivity contribution in [2.24, 2.45) is 5.92 Å². The molecule has 0 saturated carbocycles. The summed E-state index contributed by atoms with van der Waals surface area (Å²) < 4.78 is 7.86. The summed E-state index contributed by atoms with van der Waals surface area (Å²) in [6.07, 6.45) is 2.41. The van der Waals surface area contributed by atoms with E-state index >= 15 is 0 Å². The van der Waals surface area contributed by atoms with Crippen LogP contribution >= 0.6 is 31.9 Å². The third-order valence-corrected chi connectivity index (χ3v) is 4.25. The highest BCUT2D eigenvalue weighted by Gasteiger charge is 2.25. The summed E-state index contributed by atoms with van der Waals surface area (Å²) in [6.45, 7) is 4.91. The van der Waals surface area contributed by atoms with E-state index in [0.717, 1.165) is 28.7 Å². The average Bonchev–Trinajstić information content (AvgIpc) is 2.36. The van der Waals surface area contributed by atoms with Crippen molar-refractivity contribution in [3.8, 4) is 0 Å². The van der Waals surface area contributed by atoms with E-state index in [1.165, 1.54) is 18.4 Å². The van der Waals surface area contributed by atoms with Gasteiger partial charge in [0.2, 0.25) is 0 Å². The van der Waals surface area contributed by atoms with E-state index in [1.807, 2.05) is 0 Å². The number of hydrogen-bond donors (Lipinski definition) is 1. The SMILES string of the molecule is CCNC(c1cc(Br)cc(Br)c1)C1CCCOC1. The lowest BCUT2D eigenvalue weighted by Gasteiger charge is -2.31. The van der Waals surface area contributed by atoms with Gasteiger partial charge in [0.25, 0.3) is 0 Å². The number of nitrogens with one attached hydrogen (secondary N) is 1. The third-order valence-electron chi connectivity index (χ3n) is 3.33. The van der Waals surface area contributed by atoms with Gasteiger partial charge < -0.3 is 10.1 Å². The van der Waals surface area contributed by atoms with Crippen LogP contribution in [0.3, 0.4) is 0 Å². The van der Waals surface area contributed by atoms with Gasteiger partial charge in [-0.05, 0) is 43.1 Å². The number of benzene rings is 1. The van der Waals surface area contributed by atoms with Crippen LogP contribution in [0.4, 0.5) is 0 Å². The maximum Gasteiger partial charge on any atom is 0.0512 e. The molecule has 1 N–H and O–H groups in total. The molecule has 2 nitrogen and oxygen atoms in total. The quantitative estimate of drug-likeness (QED) is 0.846. The largest absolute Gasteiger partial charge is 0.381 e. The lowest BCUT2D eigenvalue weighted by molar-refractivity contribution is 0.0392. The van der Waals surface area contributed by atoms with Gasteiger partial charge in [-0.15, -0.1) is 0 Å². The Balaban J connectivity index is 2.22. The predicted octanol–water partition coefficient (Wildman–Crippen LogP) is 4.29. The average molecular weight is 377 g/mol. The second-order valence-electron chi connectivity index (χ2n) is 4.72. The number of halogens is 2. The zero-order chi connectivity index (χ0) is 13.0. The second-order valence-corrected chi connectivity index (χ2v) is 6.55. The molecule has 0 bridgehead atoms. The smallest absolute Gasteiger partial charge is 0.0512 e. The van der Waals surface area contributed by atoms with Gasteiger partial charge >= 0.3 is 0 Å². The van der Waals surface area contributed by atoms with Crippen molar-refractivity contribution in [1.82, 2.24) is 5.32 Å². The first kappa shape index (κ1) is 14.5. The molecule has 1 aliphatic heterocycles. The molecule has 0 spiro atoms. The minimum Gasteiger partial charge on any atom is -0.381 e. The highest BCUT2D eigenvalue weighted by Crippen LogP contribution is 2.32. The highest BCUT2D eigenvalue weighted by molar-refractivity contribution is 9.11. The van der Waals surface area contributed by atoms with Crippen LogP contribution in [-0.2, 0) is 4.74 Å². The molecule has 100 valence electrons. The number of ether oxygens (including phenoxy) is 1. The molecule has 1 saturated heterocycles. The van der Waals surface area contributed by atoms with Crippen molar-refractivity contribution < 1.29 is 4.74 Å². The molecule has 1 heterocycles. The number of hydrogen-bond acceptors (Lipinski definition) is 2. The zero-order valence-electron chi connectivity index (χ0n) is 10.6. The van der Waals surface area contributed by atoms with Crippen molar-refractivity contribution in [2.75, 3.05) is 19.8 Å². The van der Waals surface area contributed by atoms with Gasteiger partial charge in [0.05, 0.1) is 6.61 Å². The Labute approximate surface area is 126 Å². The zero-order valence-corrected chi connectivity index (χ0v) is 13.8. The molecule has 2 unspecified atom stereocenters. The van der Waals surface area contributed by atoms with E-state index in [4.69, 9.17) is 4.74 Å². The van der Waals surface area contributed by atoms with Crippen molar-refractivity contribution in [3.63, 3.8) is 0 Å². The molecule has 2 atom stereocenters. The van der Waals surface area contributed by atoms with Gasteiger partial charge in [-0.25, -0.2) is 0 Å². The lowest BCUT2D eigenvalue weighted by Crippen LogP contribution is -2.33. The highest BCUT2D eigenvalue weighted by atomic mass is 79.9. The predicted molar refractivity (Wildman–Crippen MR) is 81.8 cm³/mol. The van der Waals surface area contributed by atoms with Gasteiger partial charge in [-0.1, -0.05) is 38.8 Å². The second kappa shape index (κ2) is 7.04. The van der Waals surface area contributed by atoms with E-state index in [0.29, 0.717) is 12.0 Å². The van der Waals surface area contributed by atoms with Crippen LogP contribution in [0, 0.1) is 5.92 Å². The first-order valence-electron chi connectivity index (χ1n) is 6.48. The lowest BCUT2D eigenvalue weighted by atomic mass is 9.88. The molecule has 0 aromatic heterocycles. The summed E-state index contributed by atoms with van der Waals surface area (Å²) in [7, 11) is 0. The molecule has 0 aliphatic carbocycles. The summed E-state index contributed by atoms with van der Waals surface area (Å²) in [6, 6.07) is 6.85. The molecule has 0 radical (unpaired) electrons. The monoisotopic (exact) mass is 375 g/mol. The van der Waals surface area contributed by atoms with Gasteiger partial charge in [0.1, 0.15) is 0 Å². The van der Waals surface area contributed by atoms with Crippen molar-refractivity contribution >= 4 is 31.9 Å². The van der Waals surface area contributed by atoms with E-state index in [2.05, 4.69) is 62.3 Å². The fraction of sp³-hybridized carbons (Fsp3) is 0.571. The Morgan fingerprint density at radius 2 is 2.06 bits per heavy atom. The molecule has 18 heavy (non-hydrogen) atoms. The molecule has 1 aromatic rings. The maximum atomic E-state index is 5.63. The normalized spacial score (nSPS) is 21.8. The van der Waals surface area contributed by atoms with Crippen molar-refractivity contribution in [1.29, 1.82) is 0 Å². The first-order chi connectivity index (χ1) is 8.70. The van der Waals surface area contributed by atoms with Gasteiger partial charge in [-0.3, -0.25) is 0 Å². The standard InChI is InChI=1S/C14H19Br2NO/c1-2-17-14(10-4-3-5-18-9-10)11-6-12(15)8-13(16)7-11/h6-8,10,14,17H,2-5,9H2,1H3. The Kier molecular flexibility index (Phi) is 5.67. The fourth-order valence-electron chi connectivity index (χ4n) is 2.56. The minimum absolute atomic E-state index is 0.379. The first-order valence-corrected chi connectivity index (χ1v) is 8.06. The topological polar surface area (TPSA) is 21.3 Å². The Morgan fingerprint density at radius 1 is 1.33 bits per heavy atom. The van der Waals surface area contributed by atoms with Crippen LogP contribution < -0.4 is 5.32 Å². The summed E-state index contributed by atoms with van der Waals surface area (Å²) in [4.78, 5) is 0. The molecule has 1 fully saturated rings.